The van der Waals surface area contributed by atoms with Gasteiger partial charge >= 0.3 is 5.97 Å². The topological polar surface area (TPSA) is 121 Å². The van der Waals surface area contributed by atoms with Crippen LogP contribution in [-0.2, 0) is 11.2 Å². The highest BCUT2D eigenvalue weighted by Crippen LogP contribution is 2.21. The Bertz CT molecular complexity index is 928. The van der Waals surface area contributed by atoms with Crippen molar-refractivity contribution in [1.82, 2.24) is 25.9 Å². The maximum atomic E-state index is 13.4. The van der Waals surface area contributed by atoms with Crippen molar-refractivity contribution < 1.29 is 19.1 Å². The van der Waals surface area contributed by atoms with Crippen LogP contribution in [0.1, 0.15) is 22.6 Å². The molecule has 27 heavy (non-hydrogen) atoms. The van der Waals surface area contributed by atoms with Gasteiger partial charge in [0, 0.05) is 6.04 Å². The van der Waals surface area contributed by atoms with E-state index in [9.17, 15) is 14.0 Å². The van der Waals surface area contributed by atoms with Crippen LogP contribution < -0.4 is 5.32 Å². The summed E-state index contributed by atoms with van der Waals surface area (Å²) in [4.78, 5) is 23.1. The van der Waals surface area contributed by atoms with Crippen LogP contribution in [0.15, 0.2) is 48.5 Å². The zero-order valence-corrected chi connectivity index (χ0v) is 14.1. The number of carboxylic acid groups (broad SMARTS) is 1. The summed E-state index contributed by atoms with van der Waals surface area (Å²) in [6.07, 6.45) is 0.0502. The van der Waals surface area contributed by atoms with Gasteiger partial charge in [0.05, 0.1) is 6.42 Å². The maximum absolute atomic E-state index is 13.4. The summed E-state index contributed by atoms with van der Waals surface area (Å²) >= 11 is 0. The number of rotatable bonds is 7. The van der Waals surface area contributed by atoms with Gasteiger partial charge in [-0.15, -0.1) is 10.2 Å². The molecule has 0 aliphatic rings. The fourth-order valence-corrected chi connectivity index (χ4v) is 2.68. The molecule has 0 saturated carbocycles. The van der Waals surface area contributed by atoms with Gasteiger partial charge in [-0.3, -0.25) is 9.59 Å². The number of hydrogen-bond donors (Lipinski definition) is 3. The van der Waals surface area contributed by atoms with Crippen LogP contribution in [0, 0.1) is 5.82 Å². The van der Waals surface area contributed by atoms with Crippen molar-refractivity contribution in [2.45, 2.75) is 18.9 Å². The number of carbonyl (C=O) groups excluding carboxylic acids is 1. The summed E-state index contributed by atoms with van der Waals surface area (Å²) in [7, 11) is 0. The van der Waals surface area contributed by atoms with Crippen molar-refractivity contribution in [1.29, 1.82) is 0 Å². The van der Waals surface area contributed by atoms with Crippen molar-refractivity contribution in [2.24, 2.45) is 0 Å². The van der Waals surface area contributed by atoms with Crippen molar-refractivity contribution in [2.75, 3.05) is 0 Å². The lowest BCUT2D eigenvalue weighted by atomic mass is 9.99. The van der Waals surface area contributed by atoms with Crippen molar-refractivity contribution in [3.05, 3.63) is 65.7 Å². The average Bonchev–Trinajstić information content (AvgIpc) is 3.16. The van der Waals surface area contributed by atoms with Gasteiger partial charge in [0.25, 0.3) is 11.7 Å². The summed E-state index contributed by atoms with van der Waals surface area (Å²) < 4.78 is 13.4. The summed E-state index contributed by atoms with van der Waals surface area (Å²) in [6, 6.07) is 12.9. The van der Waals surface area contributed by atoms with Crippen molar-refractivity contribution in [3.63, 3.8) is 0 Å². The molecule has 2 aromatic carbocycles. The Morgan fingerprint density at radius 2 is 1.93 bits per heavy atom. The lowest BCUT2D eigenvalue weighted by Crippen LogP contribution is -2.38. The minimum absolute atomic E-state index is 0.160. The highest BCUT2D eigenvalue weighted by molar-refractivity contribution is 5.90. The SMILES string of the molecule is O=C(O)CC(Cc1ccc(-c2cccc(F)c2)cc1)NC(=O)c1nn[nH]n1. The average molecular weight is 369 g/mol. The van der Waals surface area contributed by atoms with E-state index in [-0.39, 0.29) is 18.1 Å². The van der Waals surface area contributed by atoms with Gasteiger partial charge in [-0.2, -0.15) is 5.21 Å². The van der Waals surface area contributed by atoms with Crippen LogP contribution in [0.3, 0.4) is 0 Å². The third kappa shape index (κ3) is 4.94. The summed E-state index contributed by atoms with van der Waals surface area (Å²) in [5.74, 6) is -2.12. The van der Waals surface area contributed by atoms with Gasteiger partial charge < -0.3 is 10.4 Å². The fraction of sp³-hybridized carbons (Fsp3) is 0.167. The predicted octanol–water partition coefficient (Wildman–Crippen LogP) is 1.82. The second kappa shape index (κ2) is 8.17. The van der Waals surface area contributed by atoms with E-state index in [0.29, 0.717) is 6.42 Å². The first-order valence-corrected chi connectivity index (χ1v) is 8.12. The summed E-state index contributed by atoms with van der Waals surface area (Å²) in [5, 5.41) is 24.3. The van der Waals surface area contributed by atoms with E-state index in [1.807, 2.05) is 24.3 Å². The number of amides is 1. The minimum Gasteiger partial charge on any atom is -0.481 e. The maximum Gasteiger partial charge on any atom is 0.305 e. The number of carbonyl (C=O) groups is 2. The molecule has 0 radical (unpaired) electrons. The van der Waals surface area contributed by atoms with E-state index in [1.54, 1.807) is 12.1 Å². The monoisotopic (exact) mass is 369 g/mol. The summed E-state index contributed by atoms with van der Waals surface area (Å²) in [6.45, 7) is 0. The molecule has 3 aromatic rings. The van der Waals surface area contributed by atoms with E-state index >= 15 is 0 Å². The molecule has 0 aliphatic heterocycles. The first-order valence-electron chi connectivity index (χ1n) is 8.12. The Balaban J connectivity index is 1.71. The van der Waals surface area contributed by atoms with E-state index in [4.69, 9.17) is 5.11 Å². The number of nitrogens with zero attached hydrogens (tertiary/aromatic N) is 3. The van der Waals surface area contributed by atoms with Gasteiger partial charge in [-0.25, -0.2) is 4.39 Å². The highest BCUT2D eigenvalue weighted by atomic mass is 19.1. The van der Waals surface area contributed by atoms with Gasteiger partial charge in [0.1, 0.15) is 5.82 Å². The van der Waals surface area contributed by atoms with Gasteiger partial charge in [-0.1, -0.05) is 36.4 Å². The number of benzene rings is 2. The first kappa shape index (κ1) is 18.2. The van der Waals surface area contributed by atoms with Crippen LogP contribution in [-0.4, -0.2) is 43.6 Å². The molecule has 1 amide bonds. The third-order valence-electron chi connectivity index (χ3n) is 3.90. The molecule has 0 aliphatic carbocycles. The number of hydrogen-bond acceptors (Lipinski definition) is 5. The summed E-state index contributed by atoms with van der Waals surface area (Å²) in [5.41, 5.74) is 2.41. The van der Waals surface area contributed by atoms with E-state index in [0.717, 1.165) is 16.7 Å². The molecule has 1 aromatic heterocycles. The second-order valence-electron chi connectivity index (χ2n) is 5.92. The number of carboxylic acids is 1. The number of nitrogens with one attached hydrogen (secondary N) is 2. The molecule has 0 bridgehead atoms. The Hall–Kier alpha value is -3.62. The van der Waals surface area contributed by atoms with Crippen molar-refractivity contribution >= 4 is 11.9 Å². The number of aromatic amines is 1. The Morgan fingerprint density at radius 1 is 1.15 bits per heavy atom. The zero-order valence-electron chi connectivity index (χ0n) is 14.1. The molecule has 3 N–H and O–H groups in total. The molecule has 3 rings (SSSR count). The molecule has 8 nitrogen and oxygen atoms in total. The Morgan fingerprint density at radius 3 is 2.56 bits per heavy atom. The number of halogens is 1. The van der Waals surface area contributed by atoms with Crippen molar-refractivity contribution in [3.8, 4) is 11.1 Å². The van der Waals surface area contributed by atoms with Crippen LogP contribution >= 0.6 is 0 Å². The first-order chi connectivity index (χ1) is 13.0. The quantitative estimate of drug-likeness (QED) is 0.584. The smallest absolute Gasteiger partial charge is 0.305 e. The number of tetrazole rings is 1. The fourth-order valence-electron chi connectivity index (χ4n) is 2.68. The molecular formula is C18H16FN5O3. The number of H-pyrrole nitrogens is 1. The van der Waals surface area contributed by atoms with E-state index in [2.05, 4.69) is 25.9 Å². The molecular weight excluding hydrogens is 353 g/mol. The number of aliphatic carboxylic acids is 1. The molecule has 9 heteroatoms. The zero-order chi connectivity index (χ0) is 19.2. The lowest BCUT2D eigenvalue weighted by Gasteiger charge is -2.16. The van der Waals surface area contributed by atoms with E-state index < -0.39 is 17.9 Å². The lowest BCUT2D eigenvalue weighted by molar-refractivity contribution is -0.137. The van der Waals surface area contributed by atoms with Crippen LogP contribution in [0.4, 0.5) is 4.39 Å². The molecule has 1 heterocycles. The van der Waals surface area contributed by atoms with Crippen LogP contribution in [0.25, 0.3) is 11.1 Å². The Kier molecular flexibility index (Phi) is 5.50. The Labute approximate surface area is 153 Å². The van der Waals surface area contributed by atoms with Crippen LogP contribution in [0.5, 0.6) is 0 Å². The van der Waals surface area contributed by atoms with Gasteiger partial charge in [-0.05, 0) is 40.5 Å². The second-order valence-corrected chi connectivity index (χ2v) is 5.92. The van der Waals surface area contributed by atoms with Crippen LogP contribution in [0.2, 0.25) is 0 Å². The molecule has 1 atom stereocenters. The molecule has 0 fully saturated rings. The normalized spacial score (nSPS) is 11.7. The molecule has 138 valence electrons. The predicted molar refractivity (Wildman–Crippen MR) is 93.2 cm³/mol. The highest BCUT2D eigenvalue weighted by Gasteiger charge is 2.20. The standard InChI is InChI=1S/C18H16FN5O3/c19-14-3-1-2-13(9-14)12-6-4-11(5-7-12)8-15(10-16(25)26)20-18(27)17-21-23-24-22-17/h1-7,9,15H,8,10H2,(H,20,27)(H,25,26)(H,21,22,23,24). The van der Waals surface area contributed by atoms with E-state index in [1.165, 1.54) is 12.1 Å². The molecule has 1 unspecified atom stereocenters. The molecule has 0 spiro atoms. The van der Waals surface area contributed by atoms with Gasteiger partial charge in [0.2, 0.25) is 0 Å². The third-order valence-corrected chi connectivity index (χ3v) is 3.90. The minimum atomic E-state index is -1.04. The molecule has 0 saturated heterocycles. The largest absolute Gasteiger partial charge is 0.481 e. The number of aromatic nitrogens is 4. The van der Waals surface area contributed by atoms with Gasteiger partial charge in [0.15, 0.2) is 0 Å².